The van der Waals surface area contributed by atoms with Crippen LogP contribution in [0.2, 0.25) is 5.02 Å². The molecular weight excluding hydrogens is 398 g/mol. The zero-order valence-electron chi connectivity index (χ0n) is 16.4. The van der Waals surface area contributed by atoms with E-state index in [-0.39, 0.29) is 12.5 Å². The van der Waals surface area contributed by atoms with Crippen molar-refractivity contribution >= 4 is 34.0 Å². The van der Waals surface area contributed by atoms with E-state index in [1.54, 1.807) is 49.6 Å². The summed E-state index contributed by atoms with van der Waals surface area (Å²) in [5, 5.41) is 5.63. The van der Waals surface area contributed by atoms with Crippen LogP contribution in [-0.2, 0) is 6.61 Å². The van der Waals surface area contributed by atoms with Crippen molar-refractivity contribution in [3.63, 3.8) is 0 Å². The van der Waals surface area contributed by atoms with Gasteiger partial charge in [-0.2, -0.15) is 0 Å². The Kier molecular flexibility index (Phi) is 5.87. The Balaban J connectivity index is 1.55. The van der Waals surface area contributed by atoms with Crippen molar-refractivity contribution in [1.29, 1.82) is 0 Å². The van der Waals surface area contributed by atoms with Crippen LogP contribution in [0.4, 0.5) is 5.69 Å². The minimum Gasteiger partial charge on any atom is -0.496 e. The lowest BCUT2D eigenvalue weighted by Crippen LogP contribution is -2.12. The van der Waals surface area contributed by atoms with Gasteiger partial charge in [-0.15, -0.1) is 0 Å². The van der Waals surface area contributed by atoms with Gasteiger partial charge in [-0.05, 0) is 53.9 Å². The Morgan fingerprint density at radius 1 is 0.900 bits per heavy atom. The van der Waals surface area contributed by atoms with E-state index in [0.29, 0.717) is 22.0 Å². The van der Waals surface area contributed by atoms with Gasteiger partial charge in [0.15, 0.2) is 0 Å². The van der Waals surface area contributed by atoms with Crippen molar-refractivity contribution in [1.82, 2.24) is 0 Å². The SMILES string of the molecule is COc1ccc(C(=O)Nc2ccc(Cl)cc2)cc1COc1cccc2ccccc12. The summed E-state index contributed by atoms with van der Waals surface area (Å²) in [6.07, 6.45) is 0. The van der Waals surface area contributed by atoms with Crippen molar-refractivity contribution in [2.45, 2.75) is 6.61 Å². The number of benzene rings is 4. The maximum absolute atomic E-state index is 12.7. The summed E-state index contributed by atoms with van der Waals surface area (Å²) in [6.45, 7) is 0.277. The van der Waals surface area contributed by atoms with Crippen molar-refractivity contribution < 1.29 is 14.3 Å². The van der Waals surface area contributed by atoms with Gasteiger partial charge in [-0.1, -0.05) is 48.0 Å². The van der Waals surface area contributed by atoms with Gasteiger partial charge in [0.25, 0.3) is 5.91 Å². The van der Waals surface area contributed by atoms with Gasteiger partial charge in [0.2, 0.25) is 0 Å². The molecule has 0 atom stereocenters. The molecule has 30 heavy (non-hydrogen) atoms. The quantitative estimate of drug-likeness (QED) is 0.398. The molecule has 0 spiro atoms. The second-order valence-corrected chi connectivity index (χ2v) is 7.19. The zero-order chi connectivity index (χ0) is 20.9. The minimum atomic E-state index is -0.216. The third-order valence-electron chi connectivity index (χ3n) is 4.78. The van der Waals surface area contributed by atoms with Crippen molar-refractivity contribution in [2.75, 3.05) is 12.4 Å². The number of nitrogens with one attached hydrogen (secondary N) is 1. The molecule has 4 nitrogen and oxygen atoms in total. The number of hydrogen-bond acceptors (Lipinski definition) is 3. The first-order valence-corrected chi connectivity index (χ1v) is 9.86. The van der Waals surface area contributed by atoms with E-state index in [1.165, 1.54) is 0 Å². The lowest BCUT2D eigenvalue weighted by Gasteiger charge is -2.13. The molecule has 0 saturated heterocycles. The van der Waals surface area contributed by atoms with Crippen LogP contribution < -0.4 is 14.8 Å². The number of methoxy groups -OCH3 is 1. The van der Waals surface area contributed by atoms with E-state index < -0.39 is 0 Å². The first-order chi connectivity index (χ1) is 14.6. The topological polar surface area (TPSA) is 47.6 Å². The minimum absolute atomic E-state index is 0.216. The maximum Gasteiger partial charge on any atom is 0.255 e. The number of ether oxygens (including phenoxy) is 2. The average molecular weight is 418 g/mol. The predicted octanol–water partition coefficient (Wildman–Crippen LogP) is 6.33. The number of carbonyl (C=O) groups excluding carboxylic acids is 1. The standard InChI is InChI=1S/C25H20ClNO3/c1-29-23-14-9-18(25(28)27-21-12-10-20(26)11-13-21)15-19(23)16-30-24-8-4-6-17-5-2-3-7-22(17)24/h2-15H,16H2,1H3,(H,27,28). The highest BCUT2D eigenvalue weighted by molar-refractivity contribution is 6.30. The molecule has 0 bridgehead atoms. The number of amides is 1. The van der Waals surface area contributed by atoms with Crippen LogP contribution >= 0.6 is 11.6 Å². The lowest BCUT2D eigenvalue weighted by atomic mass is 10.1. The Morgan fingerprint density at radius 2 is 1.67 bits per heavy atom. The van der Waals surface area contributed by atoms with Crippen LogP contribution in [-0.4, -0.2) is 13.0 Å². The second kappa shape index (κ2) is 8.89. The van der Waals surface area contributed by atoms with Gasteiger partial charge in [-0.25, -0.2) is 0 Å². The van der Waals surface area contributed by atoms with Gasteiger partial charge >= 0.3 is 0 Å². The molecule has 0 aliphatic heterocycles. The third kappa shape index (κ3) is 4.39. The molecular formula is C25H20ClNO3. The molecule has 0 unspecified atom stereocenters. The molecule has 0 heterocycles. The fraction of sp³-hybridized carbons (Fsp3) is 0.0800. The Morgan fingerprint density at radius 3 is 2.47 bits per heavy atom. The van der Waals surface area contributed by atoms with Gasteiger partial charge in [-0.3, -0.25) is 4.79 Å². The van der Waals surface area contributed by atoms with E-state index in [9.17, 15) is 4.79 Å². The summed E-state index contributed by atoms with van der Waals surface area (Å²) >= 11 is 5.90. The fourth-order valence-electron chi connectivity index (χ4n) is 3.25. The number of anilines is 1. The van der Waals surface area contributed by atoms with Crippen molar-refractivity contribution in [3.8, 4) is 11.5 Å². The van der Waals surface area contributed by atoms with E-state index in [0.717, 1.165) is 22.1 Å². The lowest BCUT2D eigenvalue weighted by molar-refractivity contribution is 0.102. The number of rotatable bonds is 6. The molecule has 4 rings (SSSR count). The van der Waals surface area contributed by atoms with Crippen LogP contribution in [0.25, 0.3) is 10.8 Å². The second-order valence-electron chi connectivity index (χ2n) is 6.75. The molecule has 1 N–H and O–H groups in total. The molecule has 0 saturated carbocycles. The molecule has 0 aliphatic rings. The first-order valence-electron chi connectivity index (χ1n) is 9.48. The monoisotopic (exact) mass is 417 g/mol. The molecule has 4 aromatic carbocycles. The van der Waals surface area contributed by atoms with E-state index in [1.807, 2.05) is 42.5 Å². The van der Waals surface area contributed by atoms with Crippen molar-refractivity contribution in [2.24, 2.45) is 0 Å². The number of carbonyl (C=O) groups is 1. The van der Waals surface area contributed by atoms with Gasteiger partial charge < -0.3 is 14.8 Å². The summed E-state index contributed by atoms with van der Waals surface area (Å²) in [6, 6.07) is 26.3. The van der Waals surface area contributed by atoms with E-state index >= 15 is 0 Å². The van der Waals surface area contributed by atoms with Gasteiger partial charge in [0.1, 0.15) is 18.1 Å². The highest BCUT2D eigenvalue weighted by atomic mass is 35.5. The Bertz CT molecular complexity index is 1180. The summed E-state index contributed by atoms with van der Waals surface area (Å²) < 4.78 is 11.5. The number of hydrogen-bond donors (Lipinski definition) is 1. The molecule has 150 valence electrons. The highest BCUT2D eigenvalue weighted by Gasteiger charge is 2.12. The number of halogens is 1. The molecule has 0 radical (unpaired) electrons. The Labute approximate surface area is 180 Å². The smallest absolute Gasteiger partial charge is 0.255 e. The van der Waals surface area contributed by atoms with Crippen LogP contribution in [0.1, 0.15) is 15.9 Å². The molecule has 4 aromatic rings. The predicted molar refractivity (Wildman–Crippen MR) is 121 cm³/mol. The van der Waals surface area contributed by atoms with Gasteiger partial charge in [0, 0.05) is 27.2 Å². The molecule has 0 fully saturated rings. The maximum atomic E-state index is 12.7. The highest BCUT2D eigenvalue weighted by Crippen LogP contribution is 2.28. The molecule has 0 aromatic heterocycles. The zero-order valence-corrected chi connectivity index (χ0v) is 17.1. The molecule has 5 heteroatoms. The summed E-state index contributed by atoms with van der Waals surface area (Å²) in [4.78, 5) is 12.7. The first kappa shape index (κ1) is 19.8. The van der Waals surface area contributed by atoms with Crippen LogP contribution in [0.15, 0.2) is 84.9 Å². The van der Waals surface area contributed by atoms with Crippen LogP contribution in [0, 0.1) is 0 Å². The largest absolute Gasteiger partial charge is 0.496 e. The van der Waals surface area contributed by atoms with Crippen molar-refractivity contribution in [3.05, 3.63) is 101 Å². The Hall–Kier alpha value is -3.50. The average Bonchev–Trinajstić information content (AvgIpc) is 2.79. The molecule has 1 amide bonds. The van der Waals surface area contributed by atoms with Crippen LogP contribution in [0.5, 0.6) is 11.5 Å². The third-order valence-corrected chi connectivity index (χ3v) is 5.03. The van der Waals surface area contributed by atoms with Gasteiger partial charge in [0.05, 0.1) is 7.11 Å². The molecule has 0 aliphatic carbocycles. The van der Waals surface area contributed by atoms with E-state index in [4.69, 9.17) is 21.1 Å². The van der Waals surface area contributed by atoms with Crippen LogP contribution in [0.3, 0.4) is 0 Å². The fourth-order valence-corrected chi connectivity index (χ4v) is 3.37. The summed E-state index contributed by atoms with van der Waals surface area (Å²) in [5.41, 5.74) is 1.98. The normalized spacial score (nSPS) is 10.6. The van der Waals surface area contributed by atoms with E-state index in [2.05, 4.69) is 5.32 Å². The summed E-state index contributed by atoms with van der Waals surface area (Å²) in [5.74, 6) is 1.23. The number of fused-ring (bicyclic) bond motifs is 1. The summed E-state index contributed by atoms with van der Waals surface area (Å²) in [7, 11) is 1.60.